The number of urea groups is 1. The first kappa shape index (κ1) is 13.9. The maximum absolute atomic E-state index is 12.1. The van der Waals surface area contributed by atoms with Crippen molar-refractivity contribution in [3.05, 3.63) is 28.2 Å². The van der Waals surface area contributed by atoms with Gasteiger partial charge in [0.2, 0.25) is 0 Å². The average molecular weight is 327 g/mol. The van der Waals surface area contributed by atoms with Crippen LogP contribution in [-0.2, 0) is 4.79 Å². The number of aliphatic carboxylic acids is 1. The van der Waals surface area contributed by atoms with Gasteiger partial charge in [-0.05, 0) is 43.5 Å². The Morgan fingerprint density at radius 2 is 2.16 bits per heavy atom. The number of nitrogens with one attached hydrogen (secondary N) is 1. The Kier molecular flexibility index (Phi) is 4.09. The Morgan fingerprint density at radius 1 is 1.42 bits per heavy atom. The van der Waals surface area contributed by atoms with Crippen LogP contribution in [0.15, 0.2) is 22.7 Å². The van der Waals surface area contributed by atoms with Gasteiger partial charge in [-0.15, -0.1) is 0 Å². The van der Waals surface area contributed by atoms with Crippen molar-refractivity contribution >= 4 is 33.6 Å². The first-order valence-electron chi connectivity index (χ1n) is 6.05. The van der Waals surface area contributed by atoms with Gasteiger partial charge in [-0.1, -0.05) is 15.9 Å². The van der Waals surface area contributed by atoms with E-state index < -0.39 is 12.0 Å². The highest BCUT2D eigenvalue weighted by molar-refractivity contribution is 9.10. The van der Waals surface area contributed by atoms with E-state index in [9.17, 15) is 9.59 Å². The normalized spacial score (nSPS) is 18.4. The molecule has 6 heteroatoms. The molecule has 102 valence electrons. The van der Waals surface area contributed by atoms with Gasteiger partial charge >= 0.3 is 12.0 Å². The second kappa shape index (κ2) is 5.61. The summed E-state index contributed by atoms with van der Waals surface area (Å²) in [5.74, 6) is -0.946. The van der Waals surface area contributed by atoms with E-state index in [2.05, 4.69) is 21.2 Å². The summed E-state index contributed by atoms with van der Waals surface area (Å²) in [6.45, 7) is 2.41. The summed E-state index contributed by atoms with van der Waals surface area (Å²) in [7, 11) is 0. The number of halogens is 1. The monoisotopic (exact) mass is 326 g/mol. The lowest BCUT2D eigenvalue weighted by molar-refractivity contribution is -0.141. The summed E-state index contributed by atoms with van der Waals surface area (Å²) in [6, 6.07) is 4.49. The number of carbonyl (C=O) groups excluding carboxylic acids is 1. The molecule has 0 spiro atoms. The third-order valence-electron chi connectivity index (χ3n) is 3.09. The molecule has 2 rings (SSSR count). The molecule has 5 nitrogen and oxygen atoms in total. The van der Waals surface area contributed by atoms with Crippen LogP contribution in [0.4, 0.5) is 10.5 Å². The first-order chi connectivity index (χ1) is 8.97. The minimum absolute atomic E-state index is 0.359. The molecule has 1 aromatic rings. The molecule has 0 aliphatic carbocycles. The Labute approximate surface area is 119 Å². The van der Waals surface area contributed by atoms with Gasteiger partial charge in [-0.2, -0.15) is 0 Å². The average Bonchev–Trinajstić information content (AvgIpc) is 2.75. The number of carboxylic acids is 1. The second-order valence-corrected chi connectivity index (χ2v) is 5.55. The third kappa shape index (κ3) is 3.26. The summed E-state index contributed by atoms with van der Waals surface area (Å²) < 4.78 is 0.874. The highest BCUT2D eigenvalue weighted by atomic mass is 79.9. The summed E-state index contributed by atoms with van der Waals surface area (Å²) in [4.78, 5) is 24.5. The first-order valence-corrected chi connectivity index (χ1v) is 6.84. The van der Waals surface area contributed by atoms with E-state index in [4.69, 9.17) is 5.11 Å². The summed E-state index contributed by atoms with van der Waals surface area (Å²) in [5.41, 5.74) is 1.67. The predicted octanol–water partition coefficient (Wildman–Crippen LogP) is 2.84. The Bertz CT molecular complexity index is 498. The lowest BCUT2D eigenvalue weighted by Gasteiger charge is -2.22. The highest BCUT2D eigenvalue weighted by Gasteiger charge is 2.33. The number of hydrogen-bond acceptors (Lipinski definition) is 2. The zero-order valence-corrected chi connectivity index (χ0v) is 12.1. The Hall–Kier alpha value is -1.56. The highest BCUT2D eigenvalue weighted by Crippen LogP contribution is 2.22. The molecular formula is C13H15BrN2O3. The molecule has 1 aliphatic heterocycles. The molecule has 0 bridgehead atoms. The molecule has 1 saturated heterocycles. The third-order valence-corrected chi connectivity index (χ3v) is 3.55. The van der Waals surface area contributed by atoms with Crippen LogP contribution in [0.1, 0.15) is 18.4 Å². The number of aryl methyl sites for hydroxylation is 1. The molecule has 0 saturated carbocycles. The van der Waals surface area contributed by atoms with Crippen LogP contribution < -0.4 is 5.32 Å². The van der Waals surface area contributed by atoms with Crippen molar-refractivity contribution in [1.29, 1.82) is 0 Å². The number of carbonyl (C=O) groups is 2. The largest absolute Gasteiger partial charge is 0.480 e. The molecule has 1 fully saturated rings. The maximum Gasteiger partial charge on any atom is 0.326 e. The van der Waals surface area contributed by atoms with Gasteiger partial charge in [0.1, 0.15) is 6.04 Å². The maximum atomic E-state index is 12.1. The van der Waals surface area contributed by atoms with E-state index >= 15 is 0 Å². The van der Waals surface area contributed by atoms with Gasteiger partial charge in [0.05, 0.1) is 0 Å². The van der Waals surface area contributed by atoms with Gasteiger partial charge in [0.25, 0.3) is 0 Å². The van der Waals surface area contributed by atoms with Crippen molar-refractivity contribution in [2.45, 2.75) is 25.8 Å². The van der Waals surface area contributed by atoms with Crippen molar-refractivity contribution in [2.24, 2.45) is 0 Å². The predicted molar refractivity (Wildman–Crippen MR) is 75.3 cm³/mol. The molecule has 1 aromatic carbocycles. The minimum Gasteiger partial charge on any atom is -0.480 e. The SMILES string of the molecule is Cc1cc(Br)cc(NC(=O)N2CCC[C@@H]2C(=O)O)c1. The molecule has 2 N–H and O–H groups in total. The molecule has 0 radical (unpaired) electrons. The summed E-state index contributed by atoms with van der Waals surface area (Å²) in [6.07, 6.45) is 1.24. The number of anilines is 1. The second-order valence-electron chi connectivity index (χ2n) is 4.64. The van der Waals surface area contributed by atoms with Crippen LogP contribution in [-0.4, -0.2) is 34.6 Å². The molecule has 1 aliphatic rings. The van der Waals surface area contributed by atoms with Gasteiger partial charge in [0.15, 0.2) is 0 Å². The van der Waals surface area contributed by atoms with Crippen LogP contribution in [0.2, 0.25) is 0 Å². The molecule has 2 amide bonds. The van der Waals surface area contributed by atoms with Crippen molar-refractivity contribution in [2.75, 3.05) is 11.9 Å². The van der Waals surface area contributed by atoms with Crippen molar-refractivity contribution in [3.63, 3.8) is 0 Å². The number of amides is 2. The fourth-order valence-corrected chi connectivity index (χ4v) is 2.88. The van der Waals surface area contributed by atoms with Gasteiger partial charge in [-0.3, -0.25) is 0 Å². The van der Waals surface area contributed by atoms with E-state index in [-0.39, 0.29) is 6.03 Å². The zero-order valence-electron chi connectivity index (χ0n) is 10.5. The standard InChI is InChI=1S/C13H15BrN2O3/c1-8-5-9(14)7-10(6-8)15-13(19)16-4-2-3-11(16)12(17)18/h5-7,11H,2-4H2,1H3,(H,15,19)(H,17,18)/t11-/m1/s1. The zero-order chi connectivity index (χ0) is 14.0. The summed E-state index contributed by atoms with van der Waals surface area (Å²) >= 11 is 3.36. The number of benzene rings is 1. The molecule has 1 atom stereocenters. The minimum atomic E-state index is -0.946. The number of carboxylic acid groups (broad SMARTS) is 1. The number of rotatable bonds is 2. The van der Waals surface area contributed by atoms with Crippen LogP contribution in [0.3, 0.4) is 0 Å². The molecular weight excluding hydrogens is 312 g/mol. The molecule has 19 heavy (non-hydrogen) atoms. The molecule has 0 unspecified atom stereocenters. The quantitative estimate of drug-likeness (QED) is 0.877. The van der Waals surface area contributed by atoms with E-state index in [0.717, 1.165) is 16.5 Å². The van der Waals surface area contributed by atoms with Crippen LogP contribution in [0.25, 0.3) is 0 Å². The lowest BCUT2D eigenvalue weighted by atomic mass is 10.2. The van der Waals surface area contributed by atoms with Gasteiger partial charge < -0.3 is 15.3 Å². The fraction of sp³-hybridized carbons (Fsp3) is 0.385. The van der Waals surface area contributed by atoms with E-state index in [1.54, 1.807) is 6.07 Å². The Morgan fingerprint density at radius 3 is 2.79 bits per heavy atom. The number of nitrogens with zero attached hydrogens (tertiary/aromatic N) is 1. The topological polar surface area (TPSA) is 69.6 Å². The van der Waals surface area contributed by atoms with Gasteiger partial charge in [0, 0.05) is 16.7 Å². The van der Waals surface area contributed by atoms with Gasteiger partial charge in [-0.25, -0.2) is 9.59 Å². The van der Waals surface area contributed by atoms with E-state index in [1.807, 2.05) is 19.1 Å². The number of hydrogen-bond donors (Lipinski definition) is 2. The lowest BCUT2D eigenvalue weighted by Crippen LogP contribution is -2.42. The van der Waals surface area contributed by atoms with Crippen molar-refractivity contribution in [3.8, 4) is 0 Å². The fourth-order valence-electron chi connectivity index (χ4n) is 2.27. The van der Waals surface area contributed by atoms with Crippen LogP contribution in [0, 0.1) is 6.92 Å². The molecule has 0 aromatic heterocycles. The smallest absolute Gasteiger partial charge is 0.326 e. The van der Waals surface area contributed by atoms with Crippen molar-refractivity contribution < 1.29 is 14.7 Å². The molecule has 1 heterocycles. The van der Waals surface area contributed by atoms with E-state index in [0.29, 0.717) is 18.7 Å². The van der Waals surface area contributed by atoms with Crippen molar-refractivity contribution in [1.82, 2.24) is 4.90 Å². The summed E-state index contributed by atoms with van der Waals surface area (Å²) in [5, 5.41) is 11.8. The van der Waals surface area contributed by atoms with E-state index in [1.165, 1.54) is 4.90 Å². The van der Waals surface area contributed by atoms with Crippen LogP contribution >= 0.6 is 15.9 Å². The van der Waals surface area contributed by atoms with Crippen LogP contribution in [0.5, 0.6) is 0 Å². The Balaban J connectivity index is 2.10. The number of likely N-dealkylation sites (tertiary alicyclic amines) is 1.